The van der Waals surface area contributed by atoms with Gasteiger partial charge in [0.1, 0.15) is 0 Å². The standard InChI is InChI=1S/C16H31N5/c1-14(8-9-16(2,3)4)20-15(17-5)18-10-6-12-21-13-7-11-19-21/h7,11,13-14H,6,8-10,12H2,1-5H3,(H2,17,18,20). The van der Waals surface area contributed by atoms with Crippen molar-refractivity contribution in [1.29, 1.82) is 0 Å². The van der Waals surface area contributed by atoms with Gasteiger partial charge in [-0.05, 0) is 37.7 Å². The minimum Gasteiger partial charge on any atom is -0.356 e. The average molecular weight is 293 g/mol. The molecule has 0 amide bonds. The molecule has 0 radical (unpaired) electrons. The lowest BCUT2D eigenvalue weighted by Crippen LogP contribution is -2.42. The highest BCUT2D eigenvalue weighted by molar-refractivity contribution is 5.79. The molecule has 0 saturated heterocycles. The molecule has 5 heteroatoms. The third kappa shape index (κ3) is 8.38. The van der Waals surface area contributed by atoms with E-state index in [1.54, 1.807) is 0 Å². The van der Waals surface area contributed by atoms with Gasteiger partial charge >= 0.3 is 0 Å². The molecule has 0 spiro atoms. The van der Waals surface area contributed by atoms with Crippen LogP contribution in [-0.2, 0) is 6.54 Å². The first-order valence-electron chi connectivity index (χ1n) is 7.85. The van der Waals surface area contributed by atoms with Gasteiger partial charge in [0.25, 0.3) is 0 Å². The normalized spacial score (nSPS) is 14.0. The van der Waals surface area contributed by atoms with Gasteiger partial charge in [-0.25, -0.2) is 0 Å². The van der Waals surface area contributed by atoms with Crippen molar-refractivity contribution in [2.45, 2.75) is 59.5 Å². The van der Waals surface area contributed by atoms with Crippen LogP contribution in [0, 0.1) is 5.41 Å². The predicted octanol–water partition coefficient (Wildman–Crippen LogP) is 2.65. The van der Waals surface area contributed by atoms with Gasteiger partial charge in [-0.3, -0.25) is 9.67 Å². The number of hydrogen-bond donors (Lipinski definition) is 2. The molecule has 0 aliphatic carbocycles. The molecule has 1 aromatic heterocycles. The highest BCUT2D eigenvalue weighted by Gasteiger charge is 2.13. The van der Waals surface area contributed by atoms with Crippen LogP contribution in [0.15, 0.2) is 23.5 Å². The van der Waals surface area contributed by atoms with Crippen molar-refractivity contribution in [2.75, 3.05) is 13.6 Å². The van der Waals surface area contributed by atoms with Gasteiger partial charge < -0.3 is 10.6 Å². The first-order valence-corrected chi connectivity index (χ1v) is 7.85. The SMILES string of the molecule is CN=C(NCCCn1cccn1)NC(C)CCC(C)(C)C. The van der Waals surface area contributed by atoms with E-state index >= 15 is 0 Å². The molecule has 1 aromatic rings. The number of nitrogens with one attached hydrogen (secondary N) is 2. The Kier molecular flexibility index (Phi) is 7.26. The fourth-order valence-corrected chi connectivity index (χ4v) is 2.03. The Morgan fingerprint density at radius 2 is 2.14 bits per heavy atom. The van der Waals surface area contributed by atoms with Crippen molar-refractivity contribution in [3.8, 4) is 0 Å². The van der Waals surface area contributed by atoms with Crippen molar-refractivity contribution >= 4 is 5.96 Å². The summed E-state index contributed by atoms with van der Waals surface area (Å²) >= 11 is 0. The van der Waals surface area contributed by atoms with Gasteiger partial charge in [0.2, 0.25) is 0 Å². The molecule has 21 heavy (non-hydrogen) atoms. The summed E-state index contributed by atoms with van der Waals surface area (Å²) in [5.41, 5.74) is 0.386. The lowest BCUT2D eigenvalue weighted by molar-refractivity contribution is 0.346. The fraction of sp³-hybridized carbons (Fsp3) is 0.750. The van der Waals surface area contributed by atoms with Gasteiger partial charge in [-0.15, -0.1) is 0 Å². The maximum absolute atomic E-state index is 4.28. The topological polar surface area (TPSA) is 54.2 Å². The van der Waals surface area contributed by atoms with E-state index < -0.39 is 0 Å². The number of hydrogen-bond acceptors (Lipinski definition) is 2. The van der Waals surface area contributed by atoms with E-state index in [0.29, 0.717) is 11.5 Å². The third-order valence-corrected chi connectivity index (χ3v) is 3.35. The van der Waals surface area contributed by atoms with Crippen LogP contribution >= 0.6 is 0 Å². The van der Waals surface area contributed by atoms with Crippen molar-refractivity contribution in [2.24, 2.45) is 10.4 Å². The Morgan fingerprint density at radius 3 is 2.71 bits per heavy atom. The summed E-state index contributed by atoms with van der Waals surface area (Å²) in [7, 11) is 1.82. The Morgan fingerprint density at radius 1 is 1.38 bits per heavy atom. The Labute approximate surface area is 129 Å². The quantitative estimate of drug-likeness (QED) is 0.462. The zero-order chi connectivity index (χ0) is 15.7. The summed E-state index contributed by atoms with van der Waals surface area (Å²) in [6, 6.07) is 2.38. The zero-order valence-corrected chi connectivity index (χ0v) is 14.2. The Balaban J connectivity index is 2.19. The maximum atomic E-state index is 4.28. The highest BCUT2D eigenvalue weighted by atomic mass is 15.3. The van der Waals surface area contributed by atoms with Crippen LogP contribution in [-0.4, -0.2) is 35.4 Å². The second-order valence-corrected chi connectivity index (χ2v) is 6.77. The summed E-state index contributed by atoms with van der Waals surface area (Å²) in [6.45, 7) is 10.9. The van der Waals surface area contributed by atoms with Crippen LogP contribution in [0.5, 0.6) is 0 Å². The van der Waals surface area contributed by atoms with Crippen molar-refractivity contribution in [3.05, 3.63) is 18.5 Å². The summed E-state index contributed by atoms with van der Waals surface area (Å²) in [5, 5.41) is 11.0. The van der Waals surface area contributed by atoms with Gasteiger partial charge in [-0.2, -0.15) is 5.10 Å². The number of aryl methyl sites for hydroxylation is 1. The first kappa shape index (κ1) is 17.5. The fourth-order valence-electron chi connectivity index (χ4n) is 2.03. The molecule has 5 nitrogen and oxygen atoms in total. The van der Waals surface area contributed by atoms with E-state index in [2.05, 4.69) is 48.4 Å². The zero-order valence-electron chi connectivity index (χ0n) is 14.2. The van der Waals surface area contributed by atoms with E-state index in [0.717, 1.165) is 31.9 Å². The second kappa shape index (κ2) is 8.70. The van der Waals surface area contributed by atoms with Gasteiger partial charge in [0.05, 0.1) is 0 Å². The van der Waals surface area contributed by atoms with E-state index in [9.17, 15) is 0 Å². The lowest BCUT2D eigenvalue weighted by Gasteiger charge is -2.23. The maximum Gasteiger partial charge on any atom is 0.191 e. The van der Waals surface area contributed by atoms with Gasteiger partial charge in [-0.1, -0.05) is 20.8 Å². The van der Waals surface area contributed by atoms with Gasteiger partial charge in [0, 0.05) is 38.6 Å². The highest BCUT2D eigenvalue weighted by Crippen LogP contribution is 2.21. The van der Waals surface area contributed by atoms with Crippen LogP contribution < -0.4 is 10.6 Å². The molecular weight excluding hydrogens is 262 g/mol. The molecule has 0 saturated carbocycles. The first-order chi connectivity index (χ1) is 9.90. The molecule has 120 valence electrons. The lowest BCUT2D eigenvalue weighted by atomic mass is 9.89. The molecule has 1 heterocycles. The number of nitrogens with zero attached hydrogens (tertiary/aromatic N) is 3. The van der Waals surface area contributed by atoms with Crippen molar-refractivity contribution < 1.29 is 0 Å². The molecule has 0 bridgehead atoms. The summed E-state index contributed by atoms with van der Waals surface area (Å²) in [6.07, 6.45) is 7.18. The smallest absolute Gasteiger partial charge is 0.191 e. The van der Waals surface area contributed by atoms with Crippen LogP contribution in [0.25, 0.3) is 0 Å². The monoisotopic (exact) mass is 293 g/mol. The van der Waals surface area contributed by atoms with Gasteiger partial charge in [0.15, 0.2) is 5.96 Å². The van der Waals surface area contributed by atoms with E-state index in [4.69, 9.17) is 0 Å². The molecule has 0 aromatic carbocycles. The minimum absolute atomic E-state index is 0.386. The van der Waals surface area contributed by atoms with Crippen LogP contribution in [0.1, 0.15) is 47.0 Å². The number of aromatic nitrogens is 2. The molecule has 0 fully saturated rings. The third-order valence-electron chi connectivity index (χ3n) is 3.35. The largest absolute Gasteiger partial charge is 0.356 e. The molecule has 0 aliphatic rings. The minimum atomic E-state index is 0.386. The van der Waals surface area contributed by atoms with E-state index in [1.807, 2.05) is 30.2 Å². The summed E-state index contributed by atoms with van der Waals surface area (Å²) < 4.78 is 1.95. The van der Waals surface area contributed by atoms with Crippen molar-refractivity contribution in [1.82, 2.24) is 20.4 Å². The van der Waals surface area contributed by atoms with Crippen molar-refractivity contribution in [3.63, 3.8) is 0 Å². The molecule has 2 N–H and O–H groups in total. The number of aliphatic imine (C=N–C) groups is 1. The molecule has 1 rings (SSSR count). The number of guanidine groups is 1. The molecule has 0 aliphatic heterocycles. The molecule has 1 unspecified atom stereocenters. The van der Waals surface area contributed by atoms with E-state index in [1.165, 1.54) is 6.42 Å². The Hall–Kier alpha value is -1.52. The van der Waals surface area contributed by atoms with Crippen LogP contribution in [0.3, 0.4) is 0 Å². The molecule has 1 atom stereocenters. The van der Waals surface area contributed by atoms with Crippen LogP contribution in [0.2, 0.25) is 0 Å². The Bertz CT molecular complexity index is 403. The summed E-state index contributed by atoms with van der Waals surface area (Å²) in [5.74, 6) is 0.886. The second-order valence-electron chi connectivity index (χ2n) is 6.77. The average Bonchev–Trinajstić information content (AvgIpc) is 2.92. The molecular formula is C16H31N5. The summed E-state index contributed by atoms with van der Waals surface area (Å²) in [4.78, 5) is 4.28. The van der Waals surface area contributed by atoms with E-state index in [-0.39, 0.29) is 0 Å². The van der Waals surface area contributed by atoms with Crippen LogP contribution in [0.4, 0.5) is 0 Å². The predicted molar refractivity (Wildman–Crippen MR) is 89.5 cm³/mol. The number of rotatable bonds is 7.